The molecule has 5 heteroatoms. The molecule has 1 N–H and O–H groups in total. The minimum atomic E-state index is -0.290. The molecule has 0 radical (unpaired) electrons. The molecule has 3 fully saturated rings. The molecule has 0 aromatic rings. The van der Waals surface area contributed by atoms with Crippen molar-refractivity contribution in [1.29, 1.82) is 0 Å². The zero-order valence-corrected chi connectivity index (χ0v) is 12.7. The standard InChI is InChI=1S/C16H26N2O3/c19-15-10-14(17-11-12-6-8-21-9-7-12)16(20)18(15)13-4-2-1-3-5-13/h12-14,17H,1-11H2. The molecular formula is C16H26N2O3. The maximum absolute atomic E-state index is 12.5. The van der Waals surface area contributed by atoms with Crippen LogP contribution in [0.25, 0.3) is 0 Å². The normalized spacial score (nSPS) is 29.3. The summed E-state index contributed by atoms with van der Waals surface area (Å²) in [6.07, 6.45) is 7.94. The summed E-state index contributed by atoms with van der Waals surface area (Å²) >= 11 is 0. The Balaban J connectivity index is 1.52. The van der Waals surface area contributed by atoms with Gasteiger partial charge in [0.1, 0.15) is 0 Å². The molecule has 118 valence electrons. The molecule has 2 heterocycles. The van der Waals surface area contributed by atoms with Gasteiger partial charge < -0.3 is 10.1 Å². The van der Waals surface area contributed by atoms with E-state index in [0.717, 1.165) is 58.3 Å². The van der Waals surface area contributed by atoms with Gasteiger partial charge in [0.15, 0.2) is 0 Å². The lowest BCUT2D eigenvalue weighted by Crippen LogP contribution is -2.45. The average Bonchev–Trinajstić information content (AvgIpc) is 2.81. The topological polar surface area (TPSA) is 58.6 Å². The van der Waals surface area contributed by atoms with Gasteiger partial charge in [-0.2, -0.15) is 0 Å². The third-order valence-electron chi connectivity index (χ3n) is 5.12. The molecule has 3 aliphatic rings. The Bertz CT molecular complexity index is 387. The van der Waals surface area contributed by atoms with Crippen LogP contribution >= 0.6 is 0 Å². The summed E-state index contributed by atoms with van der Waals surface area (Å²) in [5.41, 5.74) is 0. The molecular weight excluding hydrogens is 268 g/mol. The highest BCUT2D eigenvalue weighted by Gasteiger charge is 2.42. The predicted molar refractivity (Wildman–Crippen MR) is 78.7 cm³/mol. The number of likely N-dealkylation sites (tertiary alicyclic amines) is 1. The number of imide groups is 1. The van der Waals surface area contributed by atoms with Crippen molar-refractivity contribution in [2.45, 2.75) is 63.5 Å². The number of hydrogen-bond donors (Lipinski definition) is 1. The molecule has 2 amide bonds. The summed E-state index contributed by atoms with van der Waals surface area (Å²) in [5, 5.41) is 3.33. The van der Waals surface area contributed by atoms with Gasteiger partial charge >= 0.3 is 0 Å². The lowest BCUT2D eigenvalue weighted by Gasteiger charge is -2.30. The fourth-order valence-corrected chi connectivity index (χ4v) is 3.79. The minimum Gasteiger partial charge on any atom is -0.381 e. The average molecular weight is 294 g/mol. The van der Waals surface area contributed by atoms with Gasteiger partial charge in [0.2, 0.25) is 11.8 Å². The second-order valence-electron chi connectivity index (χ2n) is 6.61. The fourth-order valence-electron chi connectivity index (χ4n) is 3.79. The van der Waals surface area contributed by atoms with Crippen LogP contribution in [-0.4, -0.2) is 48.6 Å². The zero-order chi connectivity index (χ0) is 14.7. The molecule has 1 saturated carbocycles. The Morgan fingerprint density at radius 2 is 1.76 bits per heavy atom. The van der Waals surface area contributed by atoms with Crippen molar-refractivity contribution in [2.24, 2.45) is 5.92 Å². The maximum atomic E-state index is 12.5. The second-order valence-corrected chi connectivity index (χ2v) is 6.61. The Morgan fingerprint density at radius 3 is 2.48 bits per heavy atom. The van der Waals surface area contributed by atoms with Crippen molar-refractivity contribution in [1.82, 2.24) is 10.2 Å². The van der Waals surface area contributed by atoms with E-state index < -0.39 is 0 Å². The van der Waals surface area contributed by atoms with Crippen molar-refractivity contribution < 1.29 is 14.3 Å². The van der Waals surface area contributed by atoms with Crippen molar-refractivity contribution in [3.05, 3.63) is 0 Å². The summed E-state index contributed by atoms with van der Waals surface area (Å²) in [5.74, 6) is 0.612. The highest BCUT2D eigenvalue weighted by Crippen LogP contribution is 2.27. The van der Waals surface area contributed by atoms with Gasteiger partial charge in [0.25, 0.3) is 0 Å². The number of rotatable bonds is 4. The van der Waals surface area contributed by atoms with Gasteiger partial charge in [0, 0.05) is 19.3 Å². The molecule has 5 nitrogen and oxygen atoms in total. The van der Waals surface area contributed by atoms with Gasteiger partial charge in [-0.1, -0.05) is 19.3 Å². The van der Waals surface area contributed by atoms with E-state index in [2.05, 4.69) is 5.32 Å². The first-order valence-electron chi connectivity index (χ1n) is 8.42. The Morgan fingerprint density at radius 1 is 1.05 bits per heavy atom. The molecule has 0 spiro atoms. The first-order valence-corrected chi connectivity index (χ1v) is 8.42. The smallest absolute Gasteiger partial charge is 0.247 e. The van der Waals surface area contributed by atoms with Crippen LogP contribution in [0.5, 0.6) is 0 Å². The van der Waals surface area contributed by atoms with Crippen LogP contribution in [0, 0.1) is 5.92 Å². The molecule has 1 atom stereocenters. The van der Waals surface area contributed by atoms with E-state index in [1.54, 1.807) is 4.90 Å². The highest BCUT2D eigenvalue weighted by molar-refractivity contribution is 6.05. The molecule has 0 aromatic carbocycles. The van der Waals surface area contributed by atoms with Crippen LogP contribution in [0.4, 0.5) is 0 Å². The van der Waals surface area contributed by atoms with Crippen molar-refractivity contribution in [3.8, 4) is 0 Å². The second kappa shape index (κ2) is 6.88. The zero-order valence-electron chi connectivity index (χ0n) is 12.7. The summed E-state index contributed by atoms with van der Waals surface area (Å²) in [6, 6.07) is -0.129. The largest absolute Gasteiger partial charge is 0.381 e. The number of carbonyl (C=O) groups excluding carboxylic acids is 2. The molecule has 1 unspecified atom stereocenters. The fraction of sp³-hybridized carbons (Fsp3) is 0.875. The summed E-state index contributed by atoms with van der Waals surface area (Å²) < 4.78 is 5.35. The highest BCUT2D eigenvalue weighted by atomic mass is 16.5. The minimum absolute atomic E-state index is 0.0129. The van der Waals surface area contributed by atoms with Crippen molar-refractivity contribution in [3.63, 3.8) is 0 Å². The quantitative estimate of drug-likeness (QED) is 0.798. The number of ether oxygens (including phenoxy) is 1. The summed E-state index contributed by atoms with van der Waals surface area (Å²) in [4.78, 5) is 26.3. The summed E-state index contributed by atoms with van der Waals surface area (Å²) in [7, 11) is 0. The number of amides is 2. The monoisotopic (exact) mass is 294 g/mol. The molecule has 1 aliphatic carbocycles. The molecule has 0 aromatic heterocycles. The Labute approximate surface area is 126 Å². The van der Waals surface area contributed by atoms with E-state index in [4.69, 9.17) is 4.74 Å². The van der Waals surface area contributed by atoms with Crippen molar-refractivity contribution in [2.75, 3.05) is 19.8 Å². The Kier molecular flexibility index (Phi) is 4.91. The van der Waals surface area contributed by atoms with Crippen LogP contribution in [0.3, 0.4) is 0 Å². The van der Waals surface area contributed by atoms with E-state index in [1.807, 2.05) is 0 Å². The van der Waals surface area contributed by atoms with Gasteiger partial charge in [0.05, 0.1) is 12.5 Å². The van der Waals surface area contributed by atoms with Crippen LogP contribution in [0.2, 0.25) is 0 Å². The van der Waals surface area contributed by atoms with E-state index in [-0.39, 0.29) is 23.9 Å². The van der Waals surface area contributed by atoms with Crippen LogP contribution in [0.1, 0.15) is 51.4 Å². The third-order valence-corrected chi connectivity index (χ3v) is 5.12. The first kappa shape index (κ1) is 15.0. The Hall–Kier alpha value is -0.940. The number of carbonyl (C=O) groups is 2. The number of hydrogen-bond acceptors (Lipinski definition) is 4. The van der Waals surface area contributed by atoms with E-state index >= 15 is 0 Å². The van der Waals surface area contributed by atoms with E-state index in [1.165, 1.54) is 6.42 Å². The van der Waals surface area contributed by atoms with Gasteiger partial charge in [-0.05, 0) is 38.1 Å². The first-order chi connectivity index (χ1) is 10.3. The van der Waals surface area contributed by atoms with E-state index in [9.17, 15) is 9.59 Å². The molecule has 3 rings (SSSR count). The third kappa shape index (κ3) is 3.46. The molecule has 2 saturated heterocycles. The maximum Gasteiger partial charge on any atom is 0.247 e. The molecule has 21 heavy (non-hydrogen) atoms. The lowest BCUT2D eigenvalue weighted by molar-refractivity contribution is -0.142. The SMILES string of the molecule is O=C1CC(NCC2CCOCC2)C(=O)N1C1CCCCC1. The molecule has 0 bridgehead atoms. The van der Waals surface area contributed by atoms with Crippen LogP contribution < -0.4 is 5.32 Å². The predicted octanol–water partition coefficient (Wildman–Crippen LogP) is 1.46. The van der Waals surface area contributed by atoms with Crippen LogP contribution in [0.15, 0.2) is 0 Å². The van der Waals surface area contributed by atoms with Gasteiger partial charge in [-0.3, -0.25) is 14.5 Å². The van der Waals surface area contributed by atoms with Gasteiger partial charge in [-0.15, -0.1) is 0 Å². The number of nitrogens with zero attached hydrogens (tertiary/aromatic N) is 1. The van der Waals surface area contributed by atoms with Gasteiger partial charge in [-0.25, -0.2) is 0 Å². The lowest BCUT2D eigenvalue weighted by atomic mass is 9.94. The van der Waals surface area contributed by atoms with E-state index in [0.29, 0.717) is 12.3 Å². The molecule has 2 aliphatic heterocycles. The number of nitrogens with one attached hydrogen (secondary N) is 1. The van der Waals surface area contributed by atoms with Crippen LogP contribution in [-0.2, 0) is 14.3 Å². The summed E-state index contributed by atoms with van der Waals surface area (Å²) in [6.45, 7) is 2.46. The van der Waals surface area contributed by atoms with Crippen molar-refractivity contribution >= 4 is 11.8 Å².